The van der Waals surface area contributed by atoms with Crippen molar-refractivity contribution in [2.24, 2.45) is 0 Å². The molecule has 1 N–H and O–H groups in total. The van der Waals surface area contributed by atoms with Crippen LogP contribution >= 0.6 is 11.3 Å². The van der Waals surface area contributed by atoms with E-state index in [0.717, 1.165) is 43.3 Å². The lowest BCUT2D eigenvalue weighted by atomic mass is 10.2. The Kier molecular flexibility index (Phi) is 7.03. The van der Waals surface area contributed by atoms with Crippen LogP contribution in [0.3, 0.4) is 0 Å². The fraction of sp³-hybridized carbons (Fsp3) is 0.400. The number of carbonyl (C=O) groups excluding carboxylic acids is 1. The number of aromatic nitrogens is 2. The Morgan fingerprint density at radius 2 is 1.59 bits per heavy atom. The molecule has 1 aromatic carbocycles. The van der Waals surface area contributed by atoms with E-state index in [1.807, 2.05) is 22.4 Å². The number of hydrogen-bond acceptors (Lipinski definition) is 7. The zero-order valence-corrected chi connectivity index (χ0v) is 20.0. The van der Waals surface area contributed by atoms with Gasteiger partial charge in [0, 0.05) is 71.5 Å². The van der Waals surface area contributed by atoms with Crippen LogP contribution in [0, 0.1) is 0 Å². The van der Waals surface area contributed by atoms with Gasteiger partial charge in [0.2, 0.25) is 5.95 Å². The van der Waals surface area contributed by atoms with E-state index in [9.17, 15) is 9.59 Å². The van der Waals surface area contributed by atoms with E-state index in [1.165, 1.54) is 16.9 Å². The Balaban J connectivity index is 1.15. The molecule has 0 atom stereocenters. The van der Waals surface area contributed by atoms with E-state index in [4.69, 9.17) is 4.98 Å². The van der Waals surface area contributed by atoms with Crippen molar-refractivity contribution in [3.63, 3.8) is 0 Å². The van der Waals surface area contributed by atoms with E-state index in [1.54, 1.807) is 6.07 Å². The average molecular weight is 479 g/mol. The number of aromatic amines is 1. The zero-order chi connectivity index (χ0) is 23.3. The molecule has 4 heterocycles. The lowest BCUT2D eigenvalue weighted by Gasteiger charge is -2.35. The third-order valence-corrected chi connectivity index (χ3v) is 7.34. The fourth-order valence-corrected chi connectivity index (χ4v) is 5.27. The number of rotatable bonds is 6. The molecule has 2 aliphatic rings. The topological polar surface area (TPSA) is 75.8 Å². The summed E-state index contributed by atoms with van der Waals surface area (Å²) in [4.78, 5) is 42.2. The summed E-state index contributed by atoms with van der Waals surface area (Å²) >= 11 is 1.47. The Morgan fingerprint density at radius 3 is 2.26 bits per heavy atom. The second-order valence-electron chi connectivity index (χ2n) is 8.85. The Hall–Kier alpha value is -3.01. The standard InChI is InChI=1S/C25H30N6O2S/c32-23-17-21(19-29-10-8-28(9-11-29)18-20-5-2-1-3-6-20)26-25(27-23)31-14-12-30(13-15-31)24(33)22-7-4-16-34-22/h1-7,16-17H,8-15,18-19H2,(H,26,27,32). The fourth-order valence-electron chi connectivity index (χ4n) is 4.58. The van der Waals surface area contributed by atoms with Gasteiger partial charge in [-0.1, -0.05) is 36.4 Å². The minimum Gasteiger partial charge on any atom is -0.339 e. The molecule has 0 radical (unpaired) electrons. The van der Waals surface area contributed by atoms with Gasteiger partial charge in [-0.3, -0.25) is 24.4 Å². The molecule has 1 amide bonds. The molecule has 0 bridgehead atoms. The maximum absolute atomic E-state index is 12.6. The number of nitrogens with one attached hydrogen (secondary N) is 1. The molecule has 0 saturated carbocycles. The highest BCUT2D eigenvalue weighted by molar-refractivity contribution is 7.12. The first-order valence-electron chi connectivity index (χ1n) is 11.8. The number of thiophene rings is 1. The third kappa shape index (κ3) is 5.55. The van der Waals surface area contributed by atoms with Gasteiger partial charge in [0.15, 0.2) is 0 Å². The Bertz CT molecular complexity index is 1130. The van der Waals surface area contributed by atoms with Crippen molar-refractivity contribution in [2.45, 2.75) is 13.1 Å². The molecule has 2 fully saturated rings. The number of nitrogens with zero attached hydrogens (tertiary/aromatic N) is 5. The lowest BCUT2D eigenvalue weighted by molar-refractivity contribution is 0.0751. The SMILES string of the molecule is O=C(c1cccs1)N1CCN(c2nc(CN3CCN(Cc4ccccc4)CC3)cc(=O)[nH]2)CC1. The molecule has 2 aromatic heterocycles. The summed E-state index contributed by atoms with van der Waals surface area (Å²) in [5, 5.41) is 1.92. The maximum atomic E-state index is 12.6. The van der Waals surface area contributed by atoms with Crippen LogP contribution in [-0.2, 0) is 13.1 Å². The highest BCUT2D eigenvalue weighted by atomic mass is 32.1. The zero-order valence-electron chi connectivity index (χ0n) is 19.2. The van der Waals surface area contributed by atoms with Crippen LogP contribution in [-0.4, -0.2) is 82.9 Å². The van der Waals surface area contributed by atoms with Crippen molar-refractivity contribution in [1.29, 1.82) is 0 Å². The van der Waals surface area contributed by atoms with Gasteiger partial charge in [-0.15, -0.1) is 11.3 Å². The van der Waals surface area contributed by atoms with Gasteiger partial charge >= 0.3 is 0 Å². The Morgan fingerprint density at radius 1 is 0.882 bits per heavy atom. The summed E-state index contributed by atoms with van der Waals surface area (Å²) in [7, 11) is 0. The number of H-pyrrole nitrogens is 1. The van der Waals surface area contributed by atoms with Gasteiger partial charge in [-0.25, -0.2) is 4.98 Å². The number of carbonyl (C=O) groups is 1. The van der Waals surface area contributed by atoms with Gasteiger partial charge in [-0.05, 0) is 17.0 Å². The van der Waals surface area contributed by atoms with Crippen LogP contribution in [0.4, 0.5) is 5.95 Å². The van der Waals surface area contributed by atoms with Crippen molar-refractivity contribution < 1.29 is 4.79 Å². The summed E-state index contributed by atoms with van der Waals surface area (Å²) < 4.78 is 0. The molecule has 0 aliphatic carbocycles. The van der Waals surface area contributed by atoms with E-state index >= 15 is 0 Å². The van der Waals surface area contributed by atoms with Gasteiger partial charge in [0.25, 0.3) is 11.5 Å². The van der Waals surface area contributed by atoms with Crippen LogP contribution in [0.15, 0.2) is 58.7 Å². The number of anilines is 1. The van der Waals surface area contributed by atoms with Gasteiger partial charge < -0.3 is 9.80 Å². The second kappa shape index (κ2) is 10.5. The third-order valence-electron chi connectivity index (χ3n) is 6.48. The summed E-state index contributed by atoms with van der Waals surface area (Å²) in [6, 6.07) is 15.9. The van der Waals surface area contributed by atoms with Crippen molar-refractivity contribution in [3.05, 3.63) is 80.4 Å². The predicted octanol–water partition coefficient (Wildman–Crippen LogP) is 2.11. The number of benzene rings is 1. The first-order chi connectivity index (χ1) is 16.6. The molecule has 5 rings (SSSR count). The van der Waals surface area contributed by atoms with Gasteiger partial charge in [0.1, 0.15) is 0 Å². The summed E-state index contributed by atoms with van der Waals surface area (Å²) in [6.07, 6.45) is 0. The van der Waals surface area contributed by atoms with Crippen molar-refractivity contribution in [1.82, 2.24) is 24.7 Å². The van der Waals surface area contributed by atoms with E-state index in [2.05, 4.69) is 50.0 Å². The predicted molar refractivity (Wildman–Crippen MR) is 134 cm³/mol. The van der Waals surface area contributed by atoms with Crippen LogP contribution in [0.25, 0.3) is 0 Å². The number of hydrogen-bond donors (Lipinski definition) is 1. The lowest BCUT2D eigenvalue weighted by Crippen LogP contribution is -2.49. The van der Waals surface area contributed by atoms with E-state index in [0.29, 0.717) is 38.7 Å². The molecule has 9 heteroatoms. The molecule has 0 unspecified atom stereocenters. The van der Waals surface area contributed by atoms with Gasteiger partial charge in [0.05, 0.1) is 10.6 Å². The Labute approximate surface area is 203 Å². The van der Waals surface area contributed by atoms with Gasteiger partial charge in [-0.2, -0.15) is 0 Å². The second-order valence-corrected chi connectivity index (χ2v) is 9.80. The van der Waals surface area contributed by atoms with E-state index < -0.39 is 0 Å². The minimum absolute atomic E-state index is 0.0799. The molecule has 2 saturated heterocycles. The molecular formula is C25H30N6O2S. The first kappa shape index (κ1) is 22.8. The smallest absolute Gasteiger partial charge is 0.264 e. The molecule has 34 heavy (non-hydrogen) atoms. The van der Waals surface area contributed by atoms with E-state index in [-0.39, 0.29) is 11.5 Å². The maximum Gasteiger partial charge on any atom is 0.264 e. The van der Waals surface area contributed by atoms with Crippen LogP contribution in [0.1, 0.15) is 20.9 Å². The highest BCUT2D eigenvalue weighted by Crippen LogP contribution is 2.16. The quantitative estimate of drug-likeness (QED) is 0.585. The molecular weight excluding hydrogens is 448 g/mol. The molecule has 8 nitrogen and oxygen atoms in total. The van der Waals surface area contributed by atoms with Crippen LogP contribution in [0.5, 0.6) is 0 Å². The molecule has 2 aliphatic heterocycles. The number of piperazine rings is 2. The first-order valence-corrected chi connectivity index (χ1v) is 12.7. The largest absolute Gasteiger partial charge is 0.339 e. The molecule has 3 aromatic rings. The summed E-state index contributed by atoms with van der Waals surface area (Å²) in [5.74, 6) is 0.685. The van der Waals surface area contributed by atoms with Crippen molar-refractivity contribution in [3.8, 4) is 0 Å². The van der Waals surface area contributed by atoms with Crippen LogP contribution in [0.2, 0.25) is 0 Å². The summed E-state index contributed by atoms with van der Waals surface area (Å²) in [6.45, 7) is 8.12. The van der Waals surface area contributed by atoms with Crippen molar-refractivity contribution in [2.75, 3.05) is 57.3 Å². The summed E-state index contributed by atoms with van der Waals surface area (Å²) in [5.41, 5.74) is 2.01. The number of amides is 1. The molecule has 0 spiro atoms. The average Bonchev–Trinajstić information content (AvgIpc) is 3.40. The van der Waals surface area contributed by atoms with Crippen molar-refractivity contribution >= 4 is 23.2 Å². The monoisotopic (exact) mass is 478 g/mol. The normalized spacial score (nSPS) is 17.8. The minimum atomic E-state index is -0.125. The molecule has 178 valence electrons. The highest BCUT2D eigenvalue weighted by Gasteiger charge is 2.24. The van der Waals surface area contributed by atoms with Crippen LogP contribution < -0.4 is 10.5 Å².